The molecule has 41 heavy (non-hydrogen) atoms. The number of amidine groups is 1. The van der Waals surface area contributed by atoms with Crippen LogP contribution in [0, 0.1) is 5.41 Å². The molecule has 1 saturated heterocycles. The first-order valence-electron chi connectivity index (χ1n) is 14.2. The Balaban J connectivity index is 0.00000387. The Morgan fingerprint density at radius 2 is 1.85 bits per heavy atom. The number of anilines is 1. The summed E-state index contributed by atoms with van der Waals surface area (Å²) in [6.45, 7) is 8.02. The van der Waals surface area contributed by atoms with Gasteiger partial charge in [0.2, 0.25) is 0 Å². The summed E-state index contributed by atoms with van der Waals surface area (Å²) in [6, 6.07) is 7.81. The largest absolute Gasteiger partial charge is 0.491 e. The van der Waals surface area contributed by atoms with Crippen molar-refractivity contribution in [3.8, 4) is 5.75 Å². The highest BCUT2D eigenvalue weighted by molar-refractivity contribution is 8.93. The number of nitrogens with zero attached hydrogens (tertiary/aromatic N) is 3. The Labute approximate surface area is 251 Å². The van der Waals surface area contributed by atoms with Crippen LogP contribution in [-0.4, -0.2) is 64.6 Å². The number of hydrogen-bond acceptors (Lipinski definition) is 7. The normalized spacial score (nSPS) is 16.9. The molecule has 0 bridgehead atoms. The molecular formula is C31H39BrN4O5. The molecule has 3 aliphatic rings. The molecule has 2 aliphatic heterocycles. The van der Waals surface area contributed by atoms with Crippen molar-refractivity contribution in [2.45, 2.75) is 77.2 Å². The van der Waals surface area contributed by atoms with Gasteiger partial charge in [0.1, 0.15) is 23.1 Å². The highest BCUT2D eigenvalue weighted by Gasteiger charge is 2.33. The van der Waals surface area contributed by atoms with Crippen molar-refractivity contribution in [3.05, 3.63) is 52.3 Å². The van der Waals surface area contributed by atoms with E-state index in [-0.39, 0.29) is 59.4 Å². The van der Waals surface area contributed by atoms with Gasteiger partial charge in [-0.05, 0) is 42.9 Å². The predicted molar refractivity (Wildman–Crippen MR) is 162 cm³/mol. The third kappa shape index (κ3) is 6.97. The summed E-state index contributed by atoms with van der Waals surface area (Å²) in [7, 11) is 0. The molecule has 0 amide bonds. The Morgan fingerprint density at radius 3 is 2.49 bits per heavy atom. The van der Waals surface area contributed by atoms with Crippen LogP contribution in [0.3, 0.4) is 0 Å². The predicted octanol–water partition coefficient (Wildman–Crippen LogP) is 5.27. The van der Waals surface area contributed by atoms with Gasteiger partial charge in [0, 0.05) is 67.2 Å². The van der Waals surface area contributed by atoms with Crippen LogP contribution in [-0.2, 0) is 21.5 Å². The minimum absolute atomic E-state index is 0. The summed E-state index contributed by atoms with van der Waals surface area (Å²) in [4.78, 5) is 45.4. The maximum atomic E-state index is 13.8. The molecule has 220 valence electrons. The molecular weight excluding hydrogens is 588 g/mol. The number of pyridine rings is 1. The van der Waals surface area contributed by atoms with Crippen LogP contribution in [0.15, 0.2) is 24.3 Å². The Bertz CT molecular complexity index is 1360. The van der Waals surface area contributed by atoms with Crippen LogP contribution in [0.5, 0.6) is 5.75 Å². The number of carbonyl (C=O) groups is 3. The van der Waals surface area contributed by atoms with Crippen molar-refractivity contribution in [1.29, 1.82) is 5.41 Å². The molecule has 1 aromatic heterocycles. The van der Waals surface area contributed by atoms with E-state index in [0.717, 1.165) is 35.3 Å². The number of halogens is 1. The van der Waals surface area contributed by atoms with Gasteiger partial charge in [-0.2, -0.15) is 0 Å². The number of carboxylic acid groups (broad SMARTS) is 1. The Morgan fingerprint density at radius 1 is 1.15 bits per heavy atom. The van der Waals surface area contributed by atoms with E-state index in [9.17, 15) is 14.4 Å². The maximum absolute atomic E-state index is 13.8. The number of carboxylic acids is 1. The third-order valence-corrected chi connectivity index (χ3v) is 7.87. The summed E-state index contributed by atoms with van der Waals surface area (Å²) in [5.41, 5.74) is 4.47. The monoisotopic (exact) mass is 626 g/mol. The lowest BCUT2D eigenvalue weighted by atomic mass is 9.84. The molecule has 9 nitrogen and oxygen atoms in total. The van der Waals surface area contributed by atoms with Gasteiger partial charge >= 0.3 is 5.97 Å². The molecule has 0 atom stereocenters. The van der Waals surface area contributed by atoms with Gasteiger partial charge in [0.05, 0.1) is 18.8 Å². The number of piperidine rings is 1. The van der Waals surface area contributed by atoms with E-state index in [1.54, 1.807) is 4.90 Å². The molecule has 0 spiro atoms. The molecule has 3 heterocycles. The molecule has 0 radical (unpaired) electrons. The molecule has 1 aromatic carbocycles. The van der Waals surface area contributed by atoms with Crippen molar-refractivity contribution in [2.24, 2.45) is 0 Å². The highest BCUT2D eigenvalue weighted by atomic mass is 79.9. The second-order valence-corrected chi connectivity index (χ2v) is 12.1. The van der Waals surface area contributed by atoms with Gasteiger partial charge in [-0.25, -0.2) is 4.98 Å². The highest BCUT2D eigenvalue weighted by Crippen LogP contribution is 2.42. The quantitative estimate of drug-likeness (QED) is 0.270. The van der Waals surface area contributed by atoms with Gasteiger partial charge in [0.15, 0.2) is 5.78 Å². The van der Waals surface area contributed by atoms with Crippen molar-refractivity contribution >= 4 is 46.0 Å². The van der Waals surface area contributed by atoms with Gasteiger partial charge in [-0.3, -0.25) is 19.8 Å². The lowest BCUT2D eigenvalue weighted by Crippen LogP contribution is -2.35. The number of aromatic nitrogens is 1. The zero-order valence-corrected chi connectivity index (χ0v) is 25.7. The van der Waals surface area contributed by atoms with E-state index in [1.165, 1.54) is 0 Å². The zero-order valence-electron chi connectivity index (χ0n) is 24.0. The van der Waals surface area contributed by atoms with Crippen LogP contribution in [0.4, 0.5) is 5.69 Å². The minimum atomic E-state index is -0.871. The topological polar surface area (TPSA) is 124 Å². The number of hydrogen-bond donors (Lipinski definition) is 2. The number of fused-ring (bicyclic) bond motifs is 1. The first-order valence-corrected chi connectivity index (χ1v) is 14.2. The number of nitrogens with one attached hydrogen (secondary N) is 1. The first kappa shape index (κ1) is 30.7. The zero-order chi connectivity index (χ0) is 28.6. The number of aliphatic carboxylic acids is 1. The van der Waals surface area contributed by atoms with Crippen LogP contribution in [0.1, 0.15) is 98.1 Å². The standard InChI is InChI=1S/C31H38N4O5.BrH/c1-31(2,3)23-15-21(16-25(34-12-10-22(36)11-13-34)29(23)40-14-4-5-27(38)39)26(37)18-35-17-20-8-9-24(19-6-7-19)33-28(20)30(35)32;/h8-9,15-16,19,32H,4-7,10-14,17-18H2,1-3H3,(H,38,39);1H. The molecule has 2 fully saturated rings. The van der Waals surface area contributed by atoms with E-state index >= 15 is 0 Å². The van der Waals surface area contributed by atoms with Gasteiger partial charge in [0.25, 0.3) is 0 Å². The summed E-state index contributed by atoms with van der Waals surface area (Å²) in [5, 5.41) is 17.8. The van der Waals surface area contributed by atoms with E-state index < -0.39 is 5.97 Å². The molecule has 5 rings (SSSR count). The maximum Gasteiger partial charge on any atom is 0.303 e. The number of carbonyl (C=O) groups excluding carboxylic acids is 2. The molecule has 1 aliphatic carbocycles. The fraction of sp³-hybridized carbons (Fsp3) is 0.516. The molecule has 2 aromatic rings. The number of benzene rings is 1. The fourth-order valence-electron chi connectivity index (χ4n) is 5.39. The van der Waals surface area contributed by atoms with Gasteiger partial charge < -0.3 is 19.6 Å². The van der Waals surface area contributed by atoms with Crippen molar-refractivity contribution < 1.29 is 24.2 Å². The second kappa shape index (κ2) is 12.3. The molecule has 0 unspecified atom stereocenters. The van der Waals surface area contributed by atoms with Crippen LogP contribution >= 0.6 is 17.0 Å². The average Bonchev–Trinajstić information content (AvgIpc) is 3.71. The van der Waals surface area contributed by atoms with Crippen molar-refractivity contribution in [1.82, 2.24) is 9.88 Å². The van der Waals surface area contributed by atoms with E-state index in [1.807, 2.05) is 18.2 Å². The van der Waals surface area contributed by atoms with E-state index in [4.69, 9.17) is 20.2 Å². The second-order valence-electron chi connectivity index (χ2n) is 12.1. The van der Waals surface area contributed by atoms with Crippen molar-refractivity contribution in [2.75, 3.05) is 31.1 Å². The number of ether oxygens (including phenoxy) is 1. The first-order chi connectivity index (χ1) is 19.0. The Hall–Kier alpha value is -3.27. The molecule has 2 N–H and O–H groups in total. The average molecular weight is 628 g/mol. The lowest BCUT2D eigenvalue weighted by molar-refractivity contribution is -0.137. The molecule has 1 saturated carbocycles. The SMILES string of the molecule is Br.CC(C)(C)c1cc(C(=O)CN2Cc3ccc(C4CC4)nc3C2=N)cc(N2CCC(=O)CC2)c1OCCCC(=O)O. The molecule has 10 heteroatoms. The summed E-state index contributed by atoms with van der Waals surface area (Å²) in [5.74, 6) is 0.671. The summed E-state index contributed by atoms with van der Waals surface area (Å²) < 4.78 is 6.23. The van der Waals surface area contributed by atoms with Gasteiger partial charge in [-0.15, -0.1) is 17.0 Å². The van der Waals surface area contributed by atoms with Crippen LogP contribution in [0.25, 0.3) is 0 Å². The number of Topliss-reactive ketones (excluding diaryl/α,β-unsaturated/α-hetero) is 2. The smallest absolute Gasteiger partial charge is 0.303 e. The van der Waals surface area contributed by atoms with Crippen LogP contribution in [0.2, 0.25) is 0 Å². The number of ketones is 2. The summed E-state index contributed by atoms with van der Waals surface area (Å²) >= 11 is 0. The third-order valence-electron chi connectivity index (χ3n) is 7.87. The van der Waals surface area contributed by atoms with Crippen molar-refractivity contribution in [3.63, 3.8) is 0 Å². The number of rotatable bonds is 10. The van der Waals surface area contributed by atoms with E-state index in [2.05, 4.69) is 31.7 Å². The fourth-order valence-corrected chi connectivity index (χ4v) is 5.39. The lowest BCUT2D eigenvalue weighted by Gasteiger charge is -2.33. The van der Waals surface area contributed by atoms with Crippen LogP contribution < -0.4 is 9.64 Å². The Kier molecular flexibility index (Phi) is 9.21. The van der Waals surface area contributed by atoms with E-state index in [0.29, 0.717) is 61.8 Å². The van der Waals surface area contributed by atoms with Gasteiger partial charge in [-0.1, -0.05) is 26.8 Å². The summed E-state index contributed by atoms with van der Waals surface area (Å²) in [6.07, 6.45) is 3.53. The minimum Gasteiger partial charge on any atom is -0.491 e.